The Bertz CT molecular complexity index is 1520. The molecule has 0 bridgehead atoms. The van der Waals surface area contributed by atoms with E-state index in [-0.39, 0.29) is 29.3 Å². The second-order valence-electron chi connectivity index (χ2n) is 10.3. The van der Waals surface area contributed by atoms with E-state index in [4.69, 9.17) is 4.98 Å². The zero-order valence-electron chi connectivity index (χ0n) is 22.3. The molecule has 1 aromatic carbocycles. The summed E-state index contributed by atoms with van der Waals surface area (Å²) in [6.07, 6.45) is 9.12. The van der Waals surface area contributed by atoms with Crippen molar-refractivity contribution in [3.05, 3.63) is 82.7 Å². The predicted octanol–water partition coefficient (Wildman–Crippen LogP) is 7.44. The maximum Gasteiger partial charge on any atom is 0.173 e. The number of Topliss-reactive ketones (excluding diaryl/α,β-unsaturated/α-hetero) is 2. The van der Waals surface area contributed by atoms with Gasteiger partial charge >= 0.3 is 0 Å². The topological polar surface area (TPSA) is 81.9 Å². The molecule has 1 saturated carbocycles. The molecule has 0 amide bonds. The highest BCUT2D eigenvalue weighted by Gasteiger charge is 2.29. The third-order valence-electron chi connectivity index (χ3n) is 7.60. The Morgan fingerprint density at radius 3 is 2.74 bits per heavy atom. The van der Waals surface area contributed by atoms with Crippen molar-refractivity contribution in [3.8, 4) is 11.5 Å². The van der Waals surface area contributed by atoms with E-state index in [1.54, 1.807) is 6.20 Å². The molecule has 0 unspecified atom stereocenters. The van der Waals surface area contributed by atoms with Crippen molar-refractivity contribution in [1.82, 2.24) is 14.5 Å². The molecule has 0 radical (unpaired) electrons. The number of nitrogens with zero attached hydrogens (tertiary/aromatic N) is 3. The molecule has 39 heavy (non-hydrogen) atoms. The summed E-state index contributed by atoms with van der Waals surface area (Å²) in [6.45, 7) is 5.40. The van der Waals surface area contributed by atoms with Gasteiger partial charge < -0.3 is 4.57 Å². The van der Waals surface area contributed by atoms with Crippen LogP contribution in [0.2, 0.25) is 0 Å². The molecule has 0 aliphatic heterocycles. The number of carbonyl (C=O) groups excluding carboxylic acids is 3. The largest absolute Gasteiger partial charge is 0.320 e. The number of hydrogen-bond acceptors (Lipinski definition) is 6. The molecule has 0 N–H and O–H groups in total. The van der Waals surface area contributed by atoms with Crippen molar-refractivity contribution in [2.45, 2.75) is 64.3 Å². The number of carbonyl (C=O) groups is 3. The van der Waals surface area contributed by atoms with Gasteiger partial charge in [-0.2, -0.15) is 0 Å². The van der Waals surface area contributed by atoms with E-state index in [0.29, 0.717) is 31.2 Å². The van der Waals surface area contributed by atoms with E-state index in [1.807, 2.05) is 55.5 Å². The van der Waals surface area contributed by atoms with E-state index < -0.39 is 0 Å². The van der Waals surface area contributed by atoms with Crippen LogP contribution in [0.3, 0.4) is 0 Å². The second-order valence-corrected chi connectivity index (χ2v) is 11.4. The van der Waals surface area contributed by atoms with Crippen molar-refractivity contribution in [3.63, 3.8) is 0 Å². The Morgan fingerprint density at radius 2 is 1.97 bits per heavy atom. The number of thiophene rings is 1. The minimum absolute atomic E-state index is 0.0230. The van der Waals surface area contributed by atoms with Crippen molar-refractivity contribution in [2.24, 2.45) is 5.92 Å². The van der Waals surface area contributed by atoms with Gasteiger partial charge in [0.25, 0.3) is 0 Å². The van der Waals surface area contributed by atoms with Crippen LogP contribution in [-0.4, -0.2) is 31.9 Å². The van der Waals surface area contributed by atoms with Crippen LogP contribution in [0.15, 0.2) is 67.4 Å². The number of hydrogen-bond donors (Lipinski definition) is 0. The highest BCUT2D eigenvalue weighted by Crippen LogP contribution is 2.40. The van der Waals surface area contributed by atoms with E-state index in [2.05, 4.69) is 16.1 Å². The Labute approximate surface area is 232 Å². The third-order valence-corrected chi connectivity index (χ3v) is 8.79. The van der Waals surface area contributed by atoms with Crippen molar-refractivity contribution in [1.29, 1.82) is 0 Å². The van der Waals surface area contributed by atoms with Gasteiger partial charge in [0, 0.05) is 41.9 Å². The summed E-state index contributed by atoms with van der Waals surface area (Å²) >= 11 is 1.50. The van der Waals surface area contributed by atoms with Gasteiger partial charge in [-0.05, 0) is 80.1 Å². The van der Waals surface area contributed by atoms with Crippen LogP contribution in [0, 0.1) is 5.92 Å². The Morgan fingerprint density at radius 1 is 1.10 bits per heavy atom. The van der Waals surface area contributed by atoms with Crippen molar-refractivity contribution in [2.75, 3.05) is 0 Å². The molecule has 5 rings (SSSR count). The molecule has 0 spiro atoms. The van der Waals surface area contributed by atoms with Crippen LogP contribution in [0.1, 0.15) is 82.8 Å². The Hall–Kier alpha value is -3.71. The lowest BCUT2D eigenvalue weighted by molar-refractivity contribution is -0.114. The fourth-order valence-corrected chi connectivity index (χ4v) is 6.53. The molecular weight excluding hydrogens is 506 g/mol. The molecule has 0 saturated heterocycles. The molecule has 7 heteroatoms. The molecule has 1 aliphatic rings. The third kappa shape index (κ3) is 5.98. The van der Waals surface area contributed by atoms with Gasteiger partial charge in [0.15, 0.2) is 23.2 Å². The zero-order valence-corrected chi connectivity index (χ0v) is 23.1. The number of benzene rings is 1. The minimum Gasteiger partial charge on any atom is -0.320 e. The summed E-state index contributed by atoms with van der Waals surface area (Å²) in [5.41, 5.74) is 3.28. The maximum atomic E-state index is 13.2. The number of pyridine rings is 1. The van der Waals surface area contributed by atoms with Crippen LogP contribution in [0.25, 0.3) is 22.6 Å². The molecule has 2 atom stereocenters. The smallest absolute Gasteiger partial charge is 0.173 e. The van der Waals surface area contributed by atoms with Gasteiger partial charge in [-0.25, -0.2) is 4.98 Å². The first kappa shape index (κ1) is 26.9. The summed E-state index contributed by atoms with van der Waals surface area (Å²) in [5, 5.41) is 0. The highest BCUT2D eigenvalue weighted by molar-refractivity contribution is 7.14. The number of allylic oxidation sites excluding steroid dienone is 1. The van der Waals surface area contributed by atoms with Crippen LogP contribution in [0.5, 0.6) is 0 Å². The van der Waals surface area contributed by atoms with Gasteiger partial charge in [0.1, 0.15) is 5.69 Å². The van der Waals surface area contributed by atoms with Crippen LogP contribution in [0.4, 0.5) is 0 Å². The predicted molar refractivity (Wildman–Crippen MR) is 155 cm³/mol. The molecule has 1 fully saturated rings. The molecule has 3 aromatic heterocycles. The van der Waals surface area contributed by atoms with Crippen LogP contribution >= 0.6 is 11.3 Å². The van der Waals surface area contributed by atoms with Crippen molar-refractivity contribution < 1.29 is 14.4 Å². The lowest BCUT2D eigenvalue weighted by atomic mass is 9.82. The Kier molecular flexibility index (Phi) is 8.27. The second kappa shape index (κ2) is 12.0. The molecule has 3 heterocycles. The van der Waals surface area contributed by atoms with Gasteiger partial charge in [0.2, 0.25) is 0 Å². The van der Waals surface area contributed by atoms with E-state index >= 15 is 0 Å². The monoisotopic (exact) mass is 539 g/mol. The summed E-state index contributed by atoms with van der Waals surface area (Å²) in [4.78, 5) is 48.5. The van der Waals surface area contributed by atoms with Crippen molar-refractivity contribution >= 4 is 39.7 Å². The van der Waals surface area contributed by atoms with E-state index in [0.717, 1.165) is 58.0 Å². The number of aryl methyl sites for hydroxylation is 1. The quantitative estimate of drug-likeness (QED) is 0.146. The number of rotatable bonds is 11. The summed E-state index contributed by atoms with van der Waals surface area (Å²) in [5.74, 6) is 1.38. The highest BCUT2D eigenvalue weighted by atomic mass is 32.1. The molecule has 1 aliphatic carbocycles. The number of ketones is 3. The average molecular weight is 540 g/mol. The fourth-order valence-electron chi connectivity index (χ4n) is 5.58. The standard InChI is InChI=1S/C32H33N3O3S/c1-3-24(36)12-13-25-14-16-31(39-25)30(38)19-21-8-7-9-23(18-21)35-28-15-11-22(29(37)4-2)20-27(28)34-32(35)26-10-5-6-17-33-26/h3,5-6,10-11,14-17,20-21,23H,1,4,7-9,12-13,18-19H2,2H3/t21-,23+/m0/s1. The van der Waals surface area contributed by atoms with Gasteiger partial charge in [-0.15, -0.1) is 11.3 Å². The summed E-state index contributed by atoms with van der Waals surface area (Å²) < 4.78 is 2.29. The molecule has 6 nitrogen and oxygen atoms in total. The van der Waals surface area contributed by atoms with E-state index in [9.17, 15) is 14.4 Å². The first-order valence-electron chi connectivity index (χ1n) is 13.7. The summed E-state index contributed by atoms with van der Waals surface area (Å²) in [6, 6.07) is 15.7. The van der Waals surface area contributed by atoms with Gasteiger partial charge in [0.05, 0.1) is 15.9 Å². The van der Waals surface area contributed by atoms with Gasteiger partial charge in [-0.3, -0.25) is 19.4 Å². The Balaban J connectivity index is 1.38. The van der Waals surface area contributed by atoms with E-state index in [1.165, 1.54) is 17.4 Å². The normalized spacial score (nSPS) is 17.3. The zero-order chi connectivity index (χ0) is 27.4. The first-order chi connectivity index (χ1) is 19.0. The lowest BCUT2D eigenvalue weighted by Gasteiger charge is -2.31. The van der Waals surface area contributed by atoms with Crippen LogP contribution in [-0.2, 0) is 11.2 Å². The molecule has 4 aromatic rings. The van der Waals surface area contributed by atoms with Crippen LogP contribution < -0.4 is 0 Å². The SMILES string of the molecule is C=CC(=O)CCc1ccc(C(=O)C[C@H]2CCC[C@@H](n3c(-c4ccccn4)nc4cc(C(=O)CC)ccc43)C2)s1. The van der Waals surface area contributed by atoms with Gasteiger partial charge in [-0.1, -0.05) is 26.0 Å². The molecular formula is C32H33N3O3S. The maximum absolute atomic E-state index is 13.2. The first-order valence-corrected chi connectivity index (χ1v) is 14.5. The molecule has 200 valence electrons. The fraction of sp³-hybridized carbons (Fsp3) is 0.344. The number of fused-ring (bicyclic) bond motifs is 1. The number of aromatic nitrogens is 3. The lowest BCUT2D eigenvalue weighted by Crippen LogP contribution is -2.22. The minimum atomic E-state index is 0.0230. The average Bonchev–Trinajstić information content (AvgIpc) is 3.61. The summed E-state index contributed by atoms with van der Waals surface area (Å²) in [7, 11) is 0. The number of imidazole rings is 1.